The third kappa shape index (κ3) is 1.89. The summed E-state index contributed by atoms with van der Waals surface area (Å²) in [7, 11) is 0. The van der Waals surface area contributed by atoms with Gasteiger partial charge >= 0.3 is 41.8 Å². The smallest absolute Gasteiger partial charge is 0.286 e. The third-order valence-corrected chi connectivity index (χ3v) is 2.57. The minimum Gasteiger partial charge on any atom is -0.286 e. The lowest BCUT2D eigenvalue weighted by Crippen LogP contribution is -2.66. The zero-order valence-electron chi connectivity index (χ0n) is 9.20. The van der Waals surface area contributed by atoms with Gasteiger partial charge in [0.1, 0.15) is 0 Å². The molecule has 0 radical (unpaired) electrons. The molecule has 0 aromatic rings. The number of hydrogen-bond acceptors (Lipinski definition) is 1. The average Bonchev–Trinajstić information content (AvgIpc) is 2.82. The molecule has 132 valence electrons. The van der Waals surface area contributed by atoms with E-state index in [9.17, 15) is 61.5 Å². The Hall–Kier alpha value is -1.02. The van der Waals surface area contributed by atoms with Crippen molar-refractivity contribution in [2.45, 2.75) is 41.8 Å². The molecule has 0 spiro atoms. The summed E-state index contributed by atoms with van der Waals surface area (Å²) < 4.78 is 174. The minimum atomic E-state index is -7.79. The Bertz CT molecular complexity index is 461. The van der Waals surface area contributed by atoms with Crippen LogP contribution in [0.25, 0.3) is 0 Å². The van der Waals surface area contributed by atoms with Crippen molar-refractivity contribution < 1.29 is 66.2 Å². The number of ether oxygens (including phenoxy) is 1. The highest BCUT2D eigenvalue weighted by Gasteiger charge is 3.02. The second-order valence-corrected chi connectivity index (χ2v) is 4.01. The average molecular weight is 366 g/mol. The van der Waals surface area contributed by atoms with Gasteiger partial charge in [-0.15, -0.1) is 0 Å². The summed E-state index contributed by atoms with van der Waals surface area (Å²) in [6.45, 7) is 0. The van der Waals surface area contributed by atoms with Gasteiger partial charge in [-0.1, -0.05) is 0 Å². The van der Waals surface area contributed by atoms with Crippen LogP contribution in [-0.4, -0.2) is 41.8 Å². The molecule has 15 heteroatoms. The van der Waals surface area contributed by atoms with Crippen LogP contribution in [-0.2, 0) is 4.74 Å². The van der Waals surface area contributed by atoms with E-state index in [1.807, 2.05) is 0 Å². The van der Waals surface area contributed by atoms with Gasteiger partial charge in [-0.2, -0.15) is 61.5 Å². The van der Waals surface area contributed by atoms with Crippen molar-refractivity contribution in [1.29, 1.82) is 0 Å². The molecule has 0 N–H and O–H groups in total. The lowest BCUT2D eigenvalue weighted by atomic mass is 9.97. The molecule has 0 aromatic heterocycles. The largest absolute Gasteiger partial charge is 0.460 e. The molecule has 1 saturated heterocycles. The Balaban J connectivity index is 3.38. The van der Waals surface area contributed by atoms with Gasteiger partial charge in [0.05, 0.1) is 0 Å². The van der Waals surface area contributed by atoms with E-state index >= 15 is 0 Å². The van der Waals surface area contributed by atoms with E-state index in [-0.39, 0.29) is 0 Å². The number of hydrogen-bond donors (Lipinski definition) is 0. The van der Waals surface area contributed by atoms with Crippen molar-refractivity contribution in [2.75, 3.05) is 0 Å². The van der Waals surface area contributed by atoms with Crippen molar-refractivity contribution in [1.82, 2.24) is 0 Å². The lowest BCUT2D eigenvalue weighted by molar-refractivity contribution is -0.412. The van der Waals surface area contributed by atoms with Gasteiger partial charge in [0, 0.05) is 0 Å². The molecule has 22 heavy (non-hydrogen) atoms. The quantitative estimate of drug-likeness (QED) is 0.534. The van der Waals surface area contributed by atoms with Crippen LogP contribution in [0.15, 0.2) is 0 Å². The van der Waals surface area contributed by atoms with Gasteiger partial charge in [-0.3, -0.25) is 4.74 Å². The van der Waals surface area contributed by atoms with Crippen LogP contribution >= 0.6 is 0 Å². The fourth-order valence-electron chi connectivity index (χ4n) is 1.25. The van der Waals surface area contributed by atoms with Crippen molar-refractivity contribution in [3.63, 3.8) is 0 Å². The normalized spacial score (nSPS) is 31.4. The summed E-state index contributed by atoms with van der Waals surface area (Å²) >= 11 is 0. The van der Waals surface area contributed by atoms with Crippen LogP contribution < -0.4 is 0 Å². The van der Waals surface area contributed by atoms with Crippen LogP contribution in [0.2, 0.25) is 0 Å². The van der Waals surface area contributed by atoms with Crippen LogP contribution in [0.5, 0.6) is 0 Å². The Labute approximate surface area is 109 Å². The summed E-state index contributed by atoms with van der Waals surface area (Å²) in [5.41, 5.74) is 0. The number of rotatable bonds is 3. The standard InChI is InChI=1S/C7F14O/c8-1(9,3(12,13)6(16,17)18)2(10,11)4(14)5(15,22-4)7(19,20)21. The van der Waals surface area contributed by atoms with Crippen molar-refractivity contribution >= 4 is 0 Å². The van der Waals surface area contributed by atoms with E-state index in [1.54, 1.807) is 0 Å². The molecule has 1 heterocycles. The maximum absolute atomic E-state index is 13.0. The van der Waals surface area contributed by atoms with E-state index in [4.69, 9.17) is 0 Å². The highest BCUT2D eigenvalue weighted by molar-refractivity contribution is 5.20. The number of halogens is 14. The van der Waals surface area contributed by atoms with Gasteiger partial charge in [0.2, 0.25) is 0 Å². The maximum atomic E-state index is 13.0. The molecule has 1 aliphatic rings. The Morgan fingerprint density at radius 3 is 1.14 bits per heavy atom. The van der Waals surface area contributed by atoms with E-state index in [0.717, 1.165) is 0 Å². The molecule has 2 unspecified atom stereocenters. The second-order valence-electron chi connectivity index (χ2n) is 4.01. The van der Waals surface area contributed by atoms with Crippen LogP contribution in [0.3, 0.4) is 0 Å². The third-order valence-electron chi connectivity index (χ3n) is 2.57. The molecule has 0 bridgehead atoms. The van der Waals surface area contributed by atoms with Gasteiger partial charge in [0.15, 0.2) is 0 Å². The molecule has 1 fully saturated rings. The summed E-state index contributed by atoms with van der Waals surface area (Å²) in [4.78, 5) is 0. The van der Waals surface area contributed by atoms with E-state index < -0.39 is 41.8 Å². The van der Waals surface area contributed by atoms with Gasteiger partial charge in [-0.05, 0) is 0 Å². The fourth-order valence-corrected chi connectivity index (χ4v) is 1.25. The van der Waals surface area contributed by atoms with E-state index in [0.29, 0.717) is 0 Å². The van der Waals surface area contributed by atoms with Gasteiger partial charge in [-0.25, -0.2) is 0 Å². The Morgan fingerprint density at radius 1 is 0.545 bits per heavy atom. The molecule has 0 aromatic carbocycles. The first-order chi connectivity index (χ1) is 9.21. The van der Waals surface area contributed by atoms with Crippen molar-refractivity contribution in [3.05, 3.63) is 0 Å². The van der Waals surface area contributed by atoms with E-state index in [1.165, 1.54) is 0 Å². The second kappa shape index (κ2) is 4.08. The van der Waals surface area contributed by atoms with E-state index in [2.05, 4.69) is 4.74 Å². The Kier molecular flexibility index (Phi) is 3.53. The zero-order chi connectivity index (χ0) is 18.2. The summed E-state index contributed by atoms with van der Waals surface area (Å²) in [6, 6.07) is 0. The van der Waals surface area contributed by atoms with Crippen molar-refractivity contribution in [3.8, 4) is 0 Å². The first-order valence-electron chi connectivity index (χ1n) is 4.55. The molecule has 1 rings (SSSR count). The summed E-state index contributed by atoms with van der Waals surface area (Å²) in [5.74, 6) is -35.6. The molecule has 0 amide bonds. The summed E-state index contributed by atoms with van der Waals surface area (Å²) in [6.07, 6.45) is -14.1. The van der Waals surface area contributed by atoms with Gasteiger partial charge in [0.25, 0.3) is 0 Å². The molecule has 0 saturated carbocycles. The molecule has 1 aliphatic heterocycles. The molecular weight excluding hydrogens is 366 g/mol. The topological polar surface area (TPSA) is 12.5 Å². The predicted octanol–water partition coefficient (Wildman–Crippen LogP) is 4.38. The SMILES string of the molecule is FC(F)(F)C(F)(F)C(F)(F)C(F)(F)C1(F)OC1(F)C(F)(F)F. The monoisotopic (exact) mass is 366 g/mol. The summed E-state index contributed by atoms with van der Waals surface area (Å²) in [5, 5.41) is 0. The molecular formula is C7F14O. The lowest BCUT2D eigenvalue weighted by Gasteiger charge is -2.34. The molecule has 0 aliphatic carbocycles. The first-order valence-corrected chi connectivity index (χ1v) is 4.55. The van der Waals surface area contributed by atoms with Crippen LogP contribution in [0, 0.1) is 0 Å². The van der Waals surface area contributed by atoms with Crippen molar-refractivity contribution in [2.24, 2.45) is 0 Å². The van der Waals surface area contributed by atoms with Gasteiger partial charge < -0.3 is 0 Å². The number of epoxide rings is 1. The highest BCUT2D eigenvalue weighted by Crippen LogP contribution is 2.70. The zero-order valence-corrected chi connectivity index (χ0v) is 9.20. The molecule has 1 nitrogen and oxygen atoms in total. The number of alkyl halides is 14. The maximum Gasteiger partial charge on any atom is 0.460 e. The van der Waals surface area contributed by atoms with Crippen LogP contribution in [0.4, 0.5) is 61.5 Å². The van der Waals surface area contributed by atoms with Crippen LogP contribution in [0.1, 0.15) is 0 Å². The Morgan fingerprint density at radius 2 is 0.909 bits per heavy atom. The minimum absolute atomic E-state index is 2.13. The predicted molar refractivity (Wildman–Crippen MR) is 35.7 cm³/mol. The highest BCUT2D eigenvalue weighted by atomic mass is 19.4. The molecule has 2 atom stereocenters. The first kappa shape index (κ1) is 19.0. The fraction of sp³-hybridized carbons (Fsp3) is 1.00.